The standard InChI is InChI=1S/C17H28N4O.HI/c1-17(2,3)21-15(22)13-20-16(18-4)19-12-8-11-14-9-6-5-7-10-14;/h5-7,9-10H,8,11-13H2,1-4H3,(H,21,22)(H2,18,19,20);1H. The van der Waals surface area contributed by atoms with Crippen molar-refractivity contribution in [2.75, 3.05) is 20.1 Å². The fourth-order valence-electron chi connectivity index (χ4n) is 1.99. The van der Waals surface area contributed by atoms with Crippen LogP contribution in [0, 0.1) is 0 Å². The number of nitrogens with zero attached hydrogens (tertiary/aromatic N) is 1. The maximum absolute atomic E-state index is 11.7. The Labute approximate surface area is 156 Å². The van der Waals surface area contributed by atoms with Crippen molar-refractivity contribution in [3.05, 3.63) is 35.9 Å². The minimum absolute atomic E-state index is 0. The van der Waals surface area contributed by atoms with E-state index in [1.54, 1.807) is 7.05 Å². The number of nitrogens with one attached hydrogen (secondary N) is 3. The maximum Gasteiger partial charge on any atom is 0.239 e. The highest BCUT2D eigenvalue weighted by molar-refractivity contribution is 14.0. The van der Waals surface area contributed by atoms with E-state index in [4.69, 9.17) is 0 Å². The Balaban J connectivity index is 0.00000484. The molecule has 1 aromatic rings. The van der Waals surface area contributed by atoms with Gasteiger partial charge in [0.2, 0.25) is 5.91 Å². The molecule has 130 valence electrons. The van der Waals surface area contributed by atoms with Gasteiger partial charge in [0.25, 0.3) is 0 Å². The van der Waals surface area contributed by atoms with E-state index in [9.17, 15) is 4.79 Å². The van der Waals surface area contributed by atoms with Gasteiger partial charge in [0.15, 0.2) is 5.96 Å². The van der Waals surface area contributed by atoms with E-state index in [2.05, 4.69) is 45.2 Å². The van der Waals surface area contributed by atoms with Crippen LogP contribution in [0.1, 0.15) is 32.8 Å². The second-order valence-corrected chi connectivity index (χ2v) is 6.24. The number of aryl methyl sites for hydroxylation is 1. The molecule has 6 heteroatoms. The number of guanidine groups is 1. The molecule has 0 spiro atoms. The van der Waals surface area contributed by atoms with Crippen molar-refractivity contribution in [1.29, 1.82) is 0 Å². The molecule has 0 aliphatic carbocycles. The van der Waals surface area contributed by atoms with Gasteiger partial charge in [0, 0.05) is 19.1 Å². The highest BCUT2D eigenvalue weighted by Crippen LogP contribution is 2.01. The van der Waals surface area contributed by atoms with Crippen LogP contribution >= 0.6 is 24.0 Å². The molecule has 0 atom stereocenters. The molecule has 1 amide bonds. The lowest BCUT2D eigenvalue weighted by Gasteiger charge is -2.21. The van der Waals surface area contributed by atoms with Crippen LogP contribution in [0.25, 0.3) is 0 Å². The van der Waals surface area contributed by atoms with Crippen LogP contribution in [0.15, 0.2) is 35.3 Å². The molecule has 5 nitrogen and oxygen atoms in total. The van der Waals surface area contributed by atoms with Crippen molar-refractivity contribution >= 4 is 35.8 Å². The first-order valence-electron chi connectivity index (χ1n) is 7.70. The largest absolute Gasteiger partial charge is 0.356 e. The monoisotopic (exact) mass is 432 g/mol. The predicted octanol–water partition coefficient (Wildman–Crippen LogP) is 2.32. The fraction of sp³-hybridized carbons (Fsp3) is 0.529. The van der Waals surface area contributed by atoms with Gasteiger partial charge in [-0.15, -0.1) is 24.0 Å². The number of hydrogen-bond donors (Lipinski definition) is 3. The molecule has 0 unspecified atom stereocenters. The minimum atomic E-state index is -0.217. The average Bonchev–Trinajstić information content (AvgIpc) is 2.46. The van der Waals surface area contributed by atoms with Gasteiger partial charge >= 0.3 is 0 Å². The zero-order valence-electron chi connectivity index (χ0n) is 14.5. The molecule has 1 rings (SSSR count). The third-order valence-electron chi connectivity index (χ3n) is 2.93. The lowest BCUT2D eigenvalue weighted by molar-refractivity contribution is -0.121. The summed E-state index contributed by atoms with van der Waals surface area (Å²) in [6, 6.07) is 10.4. The molecule has 3 N–H and O–H groups in total. The van der Waals surface area contributed by atoms with Crippen molar-refractivity contribution in [3.8, 4) is 0 Å². The van der Waals surface area contributed by atoms with E-state index in [1.807, 2.05) is 26.8 Å². The highest BCUT2D eigenvalue weighted by atomic mass is 127. The summed E-state index contributed by atoms with van der Waals surface area (Å²) in [7, 11) is 1.70. The number of hydrogen-bond acceptors (Lipinski definition) is 2. The van der Waals surface area contributed by atoms with Crippen molar-refractivity contribution in [2.24, 2.45) is 4.99 Å². The summed E-state index contributed by atoms with van der Waals surface area (Å²) in [5.74, 6) is 0.608. The first kappa shape index (κ1) is 21.7. The van der Waals surface area contributed by atoms with Crippen LogP contribution < -0.4 is 16.0 Å². The van der Waals surface area contributed by atoms with Gasteiger partial charge in [0.1, 0.15) is 0 Å². The van der Waals surface area contributed by atoms with E-state index in [0.717, 1.165) is 19.4 Å². The molecule has 0 heterocycles. The quantitative estimate of drug-likeness (QED) is 0.280. The van der Waals surface area contributed by atoms with Crippen LogP contribution in [-0.4, -0.2) is 37.5 Å². The van der Waals surface area contributed by atoms with E-state index in [0.29, 0.717) is 5.96 Å². The summed E-state index contributed by atoms with van der Waals surface area (Å²) in [5, 5.41) is 9.14. The maximum atomic E-state index is 11.7. The smallest absolute Gasteiger partial charge is 0.239 e. The molecule has 0 aliphatic heterocycles. The summed E-state index contributed by atoms with van der Waals surface area (Å²) in [6.45, 7) is 6.91. The van der Waals surface area contributed by atoms with Gasteiger partial charge in [-0.3, -0.25) is 9.79 Å². The molecule has 23 heavy (non-hydrogen) atoms. The number of carbonyl (C=O) groups is 1. The van der Waals surface area contributed by atoms with Crippen LogP contribution in [0.2, 0.25) is 0 Å². The molecule has 0 saturated carbocycles. The van der Waals surface area contributed by atoms with Gasteiger partial charge in [-0.2, -0.15) is 0 Å². The Bertz CT molecular complexity index is 483. The predicted molar refractivity (Wildman–Crippen MR) is 107 cm³/mol. The molecule has 0 bridgehead atoms. The molecular weight excluding hydrogens is 403 g/mol. The summed E-state index contributed by atoms with van der Waals surface area (Å²) in [4.78, 5) is 15.9. The van der Waals surface area contributed by atoms with Crippen molar-refractivity contribution < 1.29 is 4.79 Å². The number of aliphatic imine (C=N–C) groups is 1. The molecule has 0 aromatic heterocycles. The first-order valence-corrected chi connectivity index (χ1v) is 7.70. The van der Waals surface area contributed by atoms with E-state index < -0.39 is 0 Å². The number of benzene rings is 1. The Hall–Kier alpha value is -1.31. The lowest BCUT2D eigenvalue weighted by atomic mass is 10.1. The van der Waals surface area contributed by atoms with Gasteiger partial charge in [-0.25, -0.2) is 0 Å². The average molecular weight is 432 g/mol. The minimum Gasteiger partial charge on any atom is -0.356 e. The third kappa shape index (κ3) is 11.0. The van der Waals surface area contributed by atoms with Crippen molar-refractivity contribution in [1.82, 2.24) is 16.0 Å². The van der Waals surface area contributed by atoms with Gasteiger partial charge in [-0.1, -0.05) is 30.3 Å². The van der Waals surface area contributed by atoms with Crippen LogP contribution in [-0.2, 0) is 11.2 Å². The van der Waals surface area contributed by atoms with E-state index in [1.165, 1.54) is 5.56 Å². The second kappa shape index (κ2) is 11.3. The summed E-state index contributed by atoms with van der Waals surface area (Å²) in [5.41, 5.74) is 1.11. The number of carbonyl (C=O) groups excluding carboxylic acids is 1. The van der Waals surface area contributed by atoms with Gasteiger partial charge in [0.05, 0.1) is 6.54 Å². The Kier molecular flexibility index (Phi) is 10.6. The Morgan fingerprint density at radius 2 is 1.78 bits per heavy atom. The van der Waals surface area contributed by atoms with Crippen molar-refractivity contribution in [2.45, 2.75) is 39.2 Å². The highest BCUT2D eigenvalue weighted by Gasteiger charge is 2.13. The first-order chi connectivity index (χ1) is 10.4. The topological polar surface area (TPSA) is 65.5 Å². The molecule has 0 radical (unpaired) electrons. The molecular formula is C17H29IN4O. The normalized spacial score (nSPS) is 11.4. The van der Waals surface area contributed by atoms with E-state index in [-0.39, 0.29) is 42.0 Å². The second-order valence-electron chi connectivity index (χ2n) is 6.24. The van der Waals surface area contributed by atoms with E-state index >= 15 is 0 Å². The zero-order chi connectivity index (χ0) is 16.4. The molecule has 1 aromatic carbocycles. The van der Waals surface area contributed by atoms with Crippen LogP contribution in [0.4, 0.5) is 0 Å². The SMILES string of the molecule is CN=C(NCCCc1ccccc1)NCC(=O)NC(C)(C)C.I. The number of rotatable bonds is 6. The number of amides is 1. The number of halogens is 1. The summed E-state index contributed by atoms with van der Waals surface area (Å²) in [6.07, 6.45) is 2.04. The fourth-order valence-corrected chi connectivity index (χ4v) is 1.99. The summed E-state index contributed by atoms with van der Waals surface area (Å²) < 4.78 is 0. The summed E-state index contributed by atoms with van der Waals surface area (Å²) >= 11 is 0. The molecule has 0 saturated heterocycles. The van der Waals surface area contributed by atoms with Crippen LogP contribution in [0.5, 0.6) is 0 Å². The van der Waals surface area contributed by atoms with Gasteiger partial charge in [-0.05, 0) is 39.2 Å². The molecule has 0 fully saturated rings. The Morgan fingerprint density at radius 3 is 2.35 bits per heavy atom. The lowest BCUT2D eigenvalue weighted by Crippen LogP contribution is -2.48. The Morgan fingerprint density at radius 1 is 1.13 bits per heavy atom. The van der Waals surface area contributed by atoms with Crippen LogP contribution in [0.3, 0.4) is 0 Å². The van der Waals surface area contributed by atoms with Crippen molar-refractivity contribution in [3.63, 3.8) is 0 Å². The molecule has 0 aliphatic rings. The van der Waals surface area contributed by atoms with Gasteiger partial charge < -0.3 is 16.0 Å². The third-order valence-corrected chi connectivity index (χ3v) is 2.93. The zero-order valence-corrected chi connectivity index (χ0v) is 16.8.